The standard InChI is InChI=1S/C7H10Cl3N3/c1-3-4-5-6(7(8,9)10)11-12-13(5)2/h3-4H2,1-2H3. The highest BCUT2D eigenvalue weighted by Crippen LogP contribution is 2.38. The molecule has 0 bridgehead atoms. The van der Waals surface area contributed by atoms with Crippen molar-refractivity contribution in [3.8, 4) is 0 Å². The van der Waals surface area contributed by atoms with Gasteiger partial charge in [-0.25, -0.2) is 0 Å². The second-order valence-electron chi connectivity index (χ2n) is 2.76. The van der Waals surface area contributed by atoms with Crippen LogP contribution in [-0.4, -0.2) is 15.0 Å². The fraction of sp³-hybridized carbons (Fsp3) is 0.714. The minimum absolute atomic E-state index is 0.432. The van der Waals surface area contributed by atoms with Gasteiger partial charge in [0.15, 0.2) is 0 Å². The summed E-state index contributed by atoms with van der Waals surface area (Å²) in [5.74, 6) is 0. The lowest BCUT2D eigenvalue weighted by Crippen LogP contribution is -2.07. The monoisotopic (exact) mass is 241 g/mol. The molecule has 1 aromatic heterocycles. The Labute approximate surface area is 92.0 Å². The summed E-state index contributed by atoms with van der Waals surface area (Å²) in [7, 11) is 1.79. The Balaban J connectivity index is 3.07. The third-order valence-electron chi connectivity index (χ3n) is 1.70. The van der Waals surface area contributed by atoms with Gasteiger partial charge < -0.3 is 0 Å². The van der Waals surface area contributed by atoms with Crippen molar-refractivity contribution >= 4 is 34.8 Å². The molecule has 0 saturated heterocycles. The van der Waals surface area contributed by atoms with E-state index in [0.29, 0.717) is 5.69 Å². The van der Waals surface area contributed by atoms with Gasteiger partial charge in [-0.1, -0.05) is 53.4 Å². The third-order valence-corrected chi connectivity index (χ3v) is 2.24. The predicted octanol–water partition coefficient (Wildman–Crippen LogP) is 2.59. The zero-order chi connectivity index (χ0) is 10.1. The van der Waals surface area contributed by atoms with Gasteiger partial charge in [-0.05, 0) is 6.42 Å². The normalized spacial score (nSPS) is 12.1. The summed E-state index contributed by atoms with van der Waals surface area (Å²) in [4.78, 5) is 0. The summed E-state index contributed by atoms with van der Waals surface area (Å²) in [6, 6.07) is 0. The van der Waals surface area contributed by atoms with Crippen LogP contribution in [0.5, 0.6) is 0 Å². The summed E-state index contributed by atoms with van der Waals surface area (Å²) in [6.07, 6.45) is 1.78. The highest BCUT2D eigenvalue weighted by Gasteiger charge is 2.30. The van der Waals surface area contributed by atoms with Crippen LogP contribution in [-0.2, 0) is 17.3 Å². The van der Waals surface area contributed by atoms with Crippen molar-refractivity contribution in [2.24, 2.45) is 7.05 Å². The van der Waals surface area contributed by atoms with Crippen molar-refractivity contribution in [2.45, 2.75) is 23.6 Å². The van der Waals surface area contributed by atoms with Crippen molar-refractivity contribution in [1.29, 1.82) is 0 Å². The van der Waals surface area contributed by atoms with E-state index in [9.17, 15) is 0 Å². The van der Waals surface area contributed by atoms with E-state index in [2.05, 4.69) is 17.2 Å². The summed E-state index contributed by atoms with van der Waals surface area (Å²) in [5, 5.41) is 7.64. The molecule has 0 atom stereocenters. The highest BCUT2D eigenvalue weighted by molar-refractivity contribution is 6.66. The average molecular weight is 243 g/mol. The van der Waals surface area contributed by atoms with Crippen molar-refractivity contribution in [3.63, 3.8) is 0 Å². The SMILES string of the molecule is CCCc1c(C(Cl)(Cl)Cl)nnn1C. The number of aryl methyl sites for hydroxylation is 1. The van der Waals surface area contributed by atoms with Crippen molar-refractivity contribution in [2.75, 3.05) is 0 Å². The van der Waals surface area contributed by atoms with Gasteiger partial charge in [0.25, 0.3) is 0 Å². The van der Waals surface area contributed by atoms with Crippen molar-refractivity contribution in [3.05, 3.63) is 11.4 Å². The van der Waals surface area contributed by atoms with Crippen LogP contribution in [0.4, 0.5) is 0 Å². The summed E-state index contributed by atoms with van der Waals surface area (Å²) in [5.41, 5.74) is 1.31. The summed E-state index contributed by atoms with van der Waals surface area (Å²) >= 11 is 17.2. The van der Waals surface area contributed by atoms with Gasteiger partial charge in [-0.2, -0.15) is 0 Å². The number of alkyl halides is 3. The maximum absolute atomic E-state index is 5.73. The smallest absolute Gasteiger partial charge is 0.236 e. The maximum Gasteiger partial charge on any atom is 0.236 e. The van der Waals surface area contributed by atoms with Crippen molar-refractivity contribution < 1.29 is 0 Å². The average Bonchev–Trinajstić information content (AvgIpc) is 2.32. The predicted molar refractivity (Wildman–Crippen MR) is 54.2 cm³/mol. The topological polar surface area (TPSA) is 30.7 Å². The van der Waals surface area contributed by atoms with Crippen LogP contribution >= 0.6 is 34.8 Å². The van der Waals surface area contributed by atoms with Crippen LogP contribution in [0.1, 0.15) is 24.7 Å². The molecule has 74 valence electrons. The molecule has 1 rings (SSSR count). The lowest BCUT2D eigenvalue weighted by Gasteiger charge is -2.09. The number of nitrogens with zero attached hydrogens (tertiary/aromatic N) is 3. The van der Waals surface area contributed by atoms with E-state index in [0.717, 1.165) is 18.5 Å². The lowest BCUT2D eigenvalue weighted by molar-refractivity contribution is 0.669. The van der Waals surface area contributed by atoms with Gasteiger partial charge in [0.2, 0.25) is 3.79 Å². The first-order valence-corrected chi connectivity index (χ1v) is 5.06. The Morgan fingerprint density at radius 3 is 2.46 bits per heavy atom. The quantitative estimate of drug-likeness (QED) is 0.747. The Kier molecular flexibility index (Phi) is 3.44. The summed E-state index contributed by atoms with van der Waals surface area (Å²) < 4.78 is 0.166. The molecule has 0 aromatic carbocycles. The second kappa shape index (κ2) is 4.03. The molecule has 0 N–H and O–H groups in total. The van der Waals surface area contributed by atoms with Crippen LogP contribution in [0.2, 0.25) is 0 Å². The highest BCUT2D eigenvalue weighted by atomic mass is 35.6. The molecular weight excluding hydrogens is 232 g/mol. The molecule has 0 unspecified atom stereocenters. The van der Waals surface area contributed by atoms with Gasteiger partial charge in [-0.15, -0.1) is 5.10 Å². The van der Waals surface area contributed by atoms with Gasteiger partial charge in [0, 0.05) is 7.05 Å². The Hall–Kier alpha value is 0.01000. The maximum atomic E-state index is 5.73. The van der Waals surface area contributed by atoms with Crippen molar-refractivity contribution in [1.82, 2.24) is 15.0 Å². The molecule has 3 nitrogen and oxygen atoms in total. The number of hydrogen-bond donors (Lipinski definition) is 0. The molecule has 0 amide bonds. The second-order valence-corrected chi connectivity index (χ2v) is 5.04. The first-order valence-electron chi connectivity index (χ1n) is 3.92. The van der Waals surface area contributed by atoms with E-state index >= 15 is 0 Å². The van der Waals surface area contributed by atoms with Crippen LogP contribution in [0.3, 0.4) is 0 Å². The Morgan fingerprint density at radius 2 is 2.00 bits per heavy atom. The fourth-order valence-electron chi connectivity index (χ4n) is 1.11. The van der Waals surface area contributed by atoms with E-state index in [1.165, 1.54) is 0 Å². The molecule has 0 fully saturated rings. The minimum Gasteiger partial charge on any atom is -0.252 e. The zero-order valence-electron chi connectivity index (χ0n) is 7.39. The minimum atomic E-state index is -1.47. The van der Waals surface area contributed by atoms with Gasteiger partial charge >= 0.3 is 0 Å². The molecule has 0 saturated carbocycles. The Bertz CT molecular complexity index is 290. The van der Waals surface area contributed by atoms with Crippen LogP contribution in [0.25, 0.3) is 0 Å². The largest absolute Gasteiger partial charge is 0.252 e. The van der Waals surface area contributed by atoms with E-state index < -0.39 is 3.79 Å². The lowest BCUT2D eigenvalue weighted by atomic mass is 10.2. The van der Waals surface area contributed by atoms with Crippen LogP contribution in [0, 0.1) is 0 Å². The molecular formula is C7H10Cl3N3. The van der Waals surface area contributed by atoms with Gasteiger partial charge in [0.05, 0.1) is 5.69 Å². The number of hydrogen-bond acceptors (Lipinski definition) is 2. The van der Waals surface area contributed by atoms with E-state index in [4.69, 9.17) is 34.8 Å². The first-order chi connectivity index (χ1) is 5.96. The molecule has 13 heavy (non-hydrogen) atoms. The number of rotatable bonds is 2. The molecule has 6 heteroatoms. The Morgan fingerprint density at radius 1 is 1.38 bits per heavy atom. The number of halogens is 3. The number of aromatic nitrogens is 3. The van der Waals surface area contributed by atoms with Gasteiger partial charge in [-0.3, -0.25) is 4.68 Å². The van der Waals surface area contributed by atoms with E-state index in [1.54, 1.807) is 11.7 Å². The fourth-order valence-corrected chi connectivity index (χ4v) is 1.55. The molecule has 1 heterocycles. The molecule has 0 aliphatic heterocycles. The van der Waals surface area contributed by atoms with Gasteiger partial charge in [0.1, 0.15) is 5.69 Å². The molecule has 1 aromatic rings. The third kappa shape index (κ3) is 2.48. The first kappa shape index (κ1) is 11.1. The zero-order valence-corrected chi connectivity index (χ0v) is 9.66. The van der Waals surface area contributed by atoms with Crippen LogP contribution < -0.4 is 0 Å². The molecule has 0 aliphatic rings. The molecule has 0 spiro atoms. The molecule has 0 radical (unpaired) electrons. The summed E-state index contributed by atoms with van der Waals surface area (Å²) in [6.45, 7) is 2.05. The van der Waals surface area contributed by atoms with Crippen LogP contribution in [0.15, 0.2) is 0 Å². The molecule has 0 aliphatic carbocycles. The van der Waals surface area contributed by atoms with E-state index in [1.807, 2.05) is 0 Å². The van der Waals surface area contributed by atoms with E-state index in [-0.39, 0.29) is 0 Å².